The number of sulfonamides is 1. The number of hydrogen-bond acceptors (Lipinski definition) is 3. The number of hydrogen-bond donors (Lipinski definition) is 1. The molecule has 0 saturated carbocycles. The second kappa shape index (κ2) is 6.90. The highest BCUT2D eigenvalue weighted by Gasteiger charge is 2.32. The molecule has 1 saturated heterocycles. The van der Waals surface area contributed by atoms with Gasteiger partial charge in [0, 0.05) is 18.6 Å². The summed E-state index contributed by atoms with van der Waals surface area (Å²) in [5, 5.41) is 3.16. The molecule has 2 unspecified atom stereocenters. The van der Waals surface area contributed by atoms with Crippen LogP contribution in [-0.4, -0.2) is 32.4 Å². The molecule has 21 heavy (non-hydrogen) atoms. The van der Waals surface area contributed by atoms with Crippen LogP contribution in [0.5, 0.6) is 0 Å². The molecule has 1 N–H and O–H groups in total. The Labute approximate surface area is 128 Å². The SMILES string of the molecule is CCC1CCCCN1S(=O)(=O)c1ccc(C(C)NC)cc1. The number of piperidine rings is 1. The van der Waals surface area contributed by atoms with E-state index in [1.807, 2.05) is 19.2 Å². The van der Waals surface area contributed by atoms with E-state index in [1.165, 1.54) is 0 Å². The maximum absolute atomic E-state index is 12.8. The van der Waals surface area contributed by atoms with Crippen molar-refractivity contribution in [3.05, 3.63) is 29.8 Å². The van der Waals surface area contributed by atoms with Gasteiger partial charge in [0.1, 0.15) is 0 Å². The van der Waals surface area contributed by atoms with Gasteiger partial charge in [-0.1, -0.05) is 25.5 Å². The van der Waals surface area contributed by atoms with Crippen molar-refractivity contribution in [2.75, 3.05) is 13.6 Å². The van der Waals surface area contributed by atoms with E-state index in [2.05, 4.69) is 19.2 Å². The Morgan fingerprint density at radius 3 is 2.52 bits per heavy atom. The van der Waals surface area contributed by atoms with Crippen LogP contribution in [0.25, 0.3) is 0 Å². The van der Waals surface area contributed by atoms with Gasteiger partial charge in [0.2, 0.25) is 10.0 Å². The van der Waals surface area contributed by atoms with Gasteiger partial charge in [-0.25, -0.2) is 8.42 Å². The van der Waals surface area contributed by atoms with Crippen LogP contribution in [0.4, 0.5) is 0 Å². The van der Waals surface area contributed by atoms with Crippen LogP contribution in [0.3, 0.4) is 0 Å². The molecule has 0 bridgehead atoms. The van der Waals surface area contributed by atoms with Gasteiger partial charge in [0.25, 0.3) is 0 Å². The highest BCUT2D eigenvalue weighted by Crippen LogP contribution is 2.27. The minimum absolute atomic E-state index is 0.152. The summed E-state index contributed by atoms with van der Waals surface area (Å²) in [7, 11) is -1.46. The van der Waals surface area contributed by atoms with Crippen molar-refractivity contribution < 1.29 is 8.42 Å². The molecule has 1 aliphatic heterocycles. The number of benzene rings is 1. The van der Waals surface area contributed by atoms with Crippen LogP contribution >= 0.6 is 0 Å². The molecule has 0 aliphatic carbocycles. The third-order valence-corrected chi connectivity index (χ3v) is 6.43. The van der Waals surface area contributed by atoms with Crippen LogP contribution in [0, 0.1) is 0 Å². The van der Waals surface area contributed by atoms with E-state index in [1.54, 1.807) is 16.4 Å². The molecule has 0 radical (unpaired) electrons. The van der Waals surface area contributed by atoms with E-state index < -0.39 is 10.0 Å². The number of rotatable bonds is 5. The largest absolute Gasteiger partial charge is 0.313 e. The average molecular weight is 310 g/mol. The molecule has 1 aromatic carbocycles. The molecule has 5 heteroatoms. The van der Waals surface area contributed by atoms with E-state index in [9.17, 15) is 8.42 Å². The third kappa shape index (κ3) is 3.47. The Bertz CT molecular complexity index is 554. The summed E-state index contributed by atoms with van der Waals surface area (Å²) in [4.78, 5) is 0.412. The summed E-state index contributed by atoms with van der Waals surface area (Å²) in [6.45, 7) is 4.77. The van der Waals surface area contributed by atoms with Crippen LogP contribution in [-0.2, 0) is 10.0 Å². The molecular weight excluding hydrogens is 284 g/mol. The fourth-order valence-electron chi connectivity index (χ4n) is 2.93. The first-order valence-corrected chi connectivity index (χ1v) is 9.23. The Morgan fingerprint density at radius 2 is 1.95 bits per heavy atom. The van der Waals surface area contributed by atoms with Gasteiger partial charge in [0.05, 0.1) is 4.90 Å². The van der Waals surface area contributed by atoms with E-state index in [4.69, 9.17) is 0 Å². The van der Waals surface area contributed by atoms with E-state index >= 15 is 0 Å². The topological polar surface area (TPSA) is 49.4 Å². The lowest BCUT2D eigenvalue weighted by molar-refractivity contribution is 0.246. The van der Waals surface area contributed by atoms with Gasteiger partial charge < -0.3 is 5.32 Å². The van der Waals surface area contributed by atoms with Crippen LogP contribution in [0.15, 0.2) is 29.2 Å². The van der Waals surface area contributed by atoms with Crippen molar-refractivity contribution >= 4 is 10.0 Å². The fourth-order valence-corrected chi connectivity index (χ4v) is 4.70. The molecule has 1 heterocycles. The van der Waals surface area contributed by atoms with Gasteiger partial charge >= 0.3 is 0 Å². The standard InChI is InChI=1S/C16H26N2O2S/c1-4-15-7-5-6-12-18(15)21(19,20)16-10-8-14(9-11-16)13(2)17-3/h8-11,13,15,17H,4-7,12H2,1-3H3. The summed E-state index contributed by atoms with van der Waals surface area (Å²) in [6, 6.07) is 7.65. The fraction of sp³-hybridized carbons (Fsp3) is 0.625. The van der Waals surface area contributed by atoms with Crippen molar-refractivity contribution in [2.24, 2.45) is 0 Å². The van der Waals surface area contributed by atoms with Crippen molar-refractivity contribution in [2.45, 2.75) is 56.5 Å². The Balaban J connectivity index is 2.26. The molecule has 1 aromatic rings. The van der Waals surface area contributed by atoms with Gasteiger partial charge in [-0.05, 0) is 50.9 Å². The molecular formula is C16H26N2O2S. The Kier molecular flexibility index (Phi) is 5.41. The summed E-state index contributed by atoms with van der Waals surface area (Å²) >= 11 is 0. The van der Waals surface area contributed by atoms with Gasteiger partial charge in [-0.15, -0.1) is 0 Å². The smallest absolute Gasteiger partial charge is 0.243 e. The minimum atomic E-state index is -3.36. The molecule has 1 aliphatic rings. The van der Waals surface area contributed by atoms with Crippen molar-refractivity contribution in [3.63, 3.8) is 0 Å². The van der Waals surface area contributed by atoms with Gasteiger partial charge in [0.15, 0.2) is 0 Å². The van der Waals surface area contributed by atoms with Crippen LogP contribution < -0.4 is 5.32 Å². The molecule has 0 aromatic heterocycles. The zero-order valence-corrected chi connectivity index (χ0v) is 14.0. The minimum Gasteiger partial charge on any atom is -0.313 e. The van der Waals surface area contributed by atoms with Crippen molar-refractivity contribution in [3.8, 4) is 0 Å². The quantitative estimate of drug-likeness (QED) is 0.909. The Morgan fingerprint density at radius 1 is 1.29 bits per heavy atom. The van der Waals surface area contributed by atoms with E-state index in [0.717, 1.165) is 31.2 Å². The van der Waals surface area contributed by atoms with Crippen molar-refractivity contribution in [1.29, 1.82) is 0 Å². The molecule has 0 amide bonds. The molecule has 0 spiro atoms. The molecule has 1 fully saturated rings. The molecule has 2 atom stereocenters. The second-order valence-corrected chi connectivity index (χ2v) is 7.64. The Hall–Kier alpha value is -0.910. The first-order chi connectivity index (χ1) is 10.0. The lowest BCUT2D eigenvalue weighted by Gasteiger charge is -2.34. The second-order valence-electron chi connectivity index (χ2n) is 5.75. The summed E-state index contributed by atoms with van der Waals surface area (Å²) in [5.41, 5.74) is 1.10. The molecule has 2 rings (SSSR count). The maximum atomic E-state index is 12.8. The van der Waals surface area contributed by atoms with Crippen molar-refractivity contribution in [1.82, 2.24) is 9.62 Å². The molecule has 118 valence electrons. The third-order valence-electron chi connectivity index (χ3n) is 4.46. The van der Waals surface area contributed by atoms with Gasteiger partial charge in [-0.2, -0.15) is 4.31 Å². The highest BCUT2D eigenvalue weighted by molar-refractivity contribution is 7.89. The summed E-state index contributed by atoms with van der Waals surface area (Å²) in [6.07, 6.45) is 3.95. The summed E-state index contributed by atoms with van der Waals surface area (Å²) in [5.74, 6) is 0. The summed E-state index contributed by atoms with van der Waals surface area (Å²) < 4.78 is 27.3. The number of nitrogens with zero attached hydrogens (tertiary/aromatic N) is 1. The normalized spacial score (nSPS) is 22.1. The zero-order valence-electron chi connectivity index (χ0n) is 13.2. The first kappa shape index (κ1) is 16.5. The van der Waals surface area contributed by atoms with Crippen LogP contribution in [0.2, 0.25) is 0 Å². The monoisotopic (exact) mass is 310 g/mol. The molecule has 4 nitrogen and oxygen atoms in total. The lowest BCUT2D eigenvalue weighted by atomic mass is 10.0. The van der Waals surface area contributed by atoms with E-state index in [0.29, 0.717) is 11.4 Å². The highest BCUT2D eigenvalue weighted by atomic mass is 32.2. The first-order valence-electron chi connectivity index (χ1n) is 7.79. The lowest BCUT2D eigenvalue weighted by Crippen LogP contribution is -2.43. The predicted octanol–water partition coefficient (Wildman–Crippen LogP) is 2.92. The average Bonchev–Trinajstić information content (AvgIpc) is 2.54. The zero-order chi connectivity index (χ0) is 15.5. The predicted molar refractivity (Wildman–Crippen MR) is 85.7 cm³/mol. The van der Waals surface area contributed by atoms with Crippen LogP contribution in [0.1, 0.15) is 51.1 Å². The van der Waals surface area contributed by atoms with E-state index in [-0.39, 0.29) is 12.1 Å². The maximum Gasteiger partial charge on any atom is 0.243 e. The number of nitrogens with one attached hydrogen (secondary N) is 1. The van der Waals surface area contributed by atoms with Gasteiger partial charge in [-0.3, -0.25) is 0 Å².